The summed E-state index contributed by atoms with van der Waals surface area (Å²) in [7, 11) is 0. The molecule has 3 heterocycles. The van der Waals surface area contributed by atoms with Crippen molar-refractivity contribution in [3.63, 3.8) is 0 Å². The molecule has 1 amide bonds. The molecule has 170 valence electrons. The molecule has 3 aliphatic rings. The van der Waals surface area contributed by atoms with E-state index >= 15 is 0 Å². The molecule has 1 aliphatic carbocycles. The van der Waals surface area contributed by atoms with Gasteiger partial charge in [-0.1, -0.05) is 25.7 Å². The van der Waals surface area contributed by atoms with Crippen molar-refractivity contribution < 1.29 is 14.4 Å². The van der Waals surface area contributed by atoms with Crippen LogP contribution in [0.25, 0.3) is 6.08 Å². The fraction of sp³-hybridized carbons (Fsp3) is 0.696. The first-order chi connectivity index (χ1) is 15.2. The standard InChI is InChI=1S/C23H35N5O3/c29-22(27-31-23-7-3-4-14-30-23)9-8-19-15-25-21(16-24-19)26-20-11-13-28(17-20)12-10-18-5-1-2-6-18/h8-9,15-16,18,20,23H,1-7,10-14,17H2,(H,25,26)(H,27,29)/b9-8+/t20-,23?/m1/s1. The van der Waals surface area contributed by atoms with Crippen molar-refractivity contribution in [3.05, 3.63) is 24.2 Å². The largest absolute Gasteiger partial charge is 0.365 e. The lowest BCUT2D eigenvalue weighted by molar-refractivity contribution is -0.198. The maximum atomic E-state index is 11.9. The number of hydrogen-bond acceptors (Lipinski definition) is 7. The van der Waals surface area contributed by atoms with Gasteiger partial charge in [-0.3, -0.25) is 9.78 Å². The van der Waals surface area contributed by atoms with Crippen LogP contribution in [0.1, 0.15) is 63.5 Å². The van der Waals surface area contributed by atoms with Gasteiger partial charge in [0.15, 0.2) is 6.29 Å². The van der Waals surface area contributed by atoms with Gasteiger partial charge < -0.3 is 15.0 Å². The van der Waals surface area contributed by atoms with Crippen LogP contribution in [-0.4, -0.2) is 59.3 Å². The zero-order valence-corrected chi connectivity index (χ0v) is 18.3. The highest BCUT2D eigenvalue weighted by Gasteiger charge is 2.24. The third kappa shape index (κ3) is 7.26. The maximum absolute atomic E-state index is 11.9. The fourth-order valence-corrected chi connectivity index (χ4v) is 4.65. The Morgan fingerprint density at radius 3 is 2.81 bits per heavy atom. The molecular weight excluding hydrogens is 394 g/mol. The lowest BCUT2D eigenvalue weighted by Crippen LogP contribution is -2.32. The Hall–Kier alpha value is -2.03. The molecule has 31 heavy (non-hydrogen) atoms. The highest BCUT2D eigenvalue weighted by molar-refractivity contribution is 5.90. The summed E-state index contributed by atoms with van der Waals surface area (Å²) in [6.45, 7) is 4.12. The third-order valence-corrected chi connectivity index (χ3v) is 6.46. The SMILES string of the molecule is O=C(/C=C/c1cnc(N[C@@H]2CCN(CCC3CCCC3)C2)cn1)NOC1CCCCO1. The first-order valence-electron chi connectivity index (χ1n) is 11.8. The van der Waals surface area contributed by atoms with Crippen molar-refractivity contribution >= 4 is 17.8 Å². The van der Waals surface area contributed by atoms with Crippen LogP contribution in [0.4, 0.5) is 5.82 Å². The first-order valence-corrected chi connectivity index (χ1v) is 11.8. The number of anilines is 1. The Kier molecular flexibility index (Phi) is 8.26. The highest BCUT2D eigenvalue weighted by atomic mass is 16.8. The third-order valence-electron chi connectivity index (χ3n) is 6.46. The molecule has 8 heteroatoms. The van der Waals surface area contributed by atoms with E-state index < -0.39 is 0 Å². The molecule has 0 radical (unpaired) electrons. The number of rotatable bonds is 9. The summed E-state index contributed by atoms with van der Waals surface area (Å²) in [6, 6.07) is 0.421. The van der Waals surface area contributed by atoms with Gasteiger partial charge in [0.2, 0.25) is 0 Å². The second kappa shape index (κ2) is 11.5. The van der Waals surface area contributed by atoms with Gasteiger partial charge in [0, 0.05) is 38.2 Å². The minimum atomic E-state index is -0.356. The van der Waals surface area contributed by atoms with Crippen LogP contribution in [0.5, 0.6) is 0 Å². The average Bonchev–Trinajstić information content (AvgIpc) is 3.48. The molecule has 1 unspecified atom stereocenters. The molecule has 3 fully saturated rings. The molecule has 0 spiro atoms. The molecular formula is C23H35N5O3. The minimum Gasteiger partial charge on any atom is -0.365 e. The van der Waals surface area contributed by atoms with E-state index in [9.17, 15) is 4.79 Å². The van der Waals surface area contributed by atoms with Crippen LogP contribution in [0.3, 0.4) is 0 Å². The summed E-state index contributed by atoms with van der Waals surface area (Å²) < 4.78 is 5.41. The Bertz CT molecular complexity index is 714. The highest BCUT2D eigenvalue weighted by Crippen LogP contribution is 2.28. The Morgan fingerprint density at radius 1 is 1.16 bits per heavy atom. The number of ether oxygens (including phenoxy) is 1. The molecule has 1 saturated carbocycles. The van der Waals surface area contributed by atoms with Crippen molar-refractivity contribution in [1.82, 2.24) is 20.3 Å². The van der Waals surface area contributed by atoms with Crippen molar-refractivity contribution in [1.29, 1.82) is 0 Å². The first kappa shape index (κ1) is 22.2. The molecule has 0 bridgehead atoms. The molecule has 0 aromatic carbocycles. The number of nitrogens with zero attached hydrogens (tertiary/aromatic N) is 3. The van der Waals surface area contributed by atoms with Gasteiger partial charge in [-0.15, -0.1) is 0 Å². The molecule has 1 aromatic heterocycles. The van der Waals surface area contributed by atoms with Crippen LogP contribution in [0.2, 0.25) is 0 Å². The van der Waals surface area contributed by atoms with Crippen LogP contribution in [-0.2, 0) is 14.4 Å². The number of likely N-dealkylation sites (tertiary alicyclic amines) is 1. The predicted molar refractivity (Wildman–Crippen MR) is 119 cm³/mol. The lowest BCUT2D eigenvalue weighted by atomic mass is 10.0. The number of amides is 1. The monoisotopic (exact) mass is 429 g/mol. The van der Waals surface area contributed by atoms with Gasteiger partial charge in [-0.2, -0.15) is 0 Å². The summed E-state index contributed by atoms with van der Waals surface area (Å²) in [5, 5.41) is 3.49. The smallest absolute Gasteiger partial charge is 0.267 e. The van der Waals surface area contributed by atoms with Gasteiger partial charge >= 0.3 is 0 Å². The van der Waals surface area contributed by atoms with E-state index in [0.717, 1.165) is 50.5 Å². The zero-order valence-electron chi connectivity index (χ0n) is 18.3. The molecule has 2 atom stereocenters. The van der Waals surface area contributed by atoms with Crippen molar-refractivity contribution in [3.8, 4) is 0 Å². The van der Waals surface area contributed by atoms with Crippen molar-refractivity contribution in [2.45, 2.75) is 70.1 Å². The van der Waals surface area contributed by atoms with Gasteiger partial charge in [-0.25, -0.2) is 15.3 Å². The Morgan fingerprint density at radius 2 is 2.03 bits per heavy atom. The van der Waals surface area contributed by atoms with Gasteiger partial charge in [0.1, 0.15) is 5.82 Å². The summed E-state index contributed by atoms with van der Waals surface area (Å²) in [4.78, 5) is 28.5. The molecule has 2 saturated heterocycles. The van der Waals surface area contributed by atoms with E-state index in [-0.39, 0.29) is 12.2 Å². The predicted octanol–water partition coefficient (Wildman–Crippen LogP) is 3.13. The number of carbonyl (C=O) groups is 1. The second-order valence-electron chi connectivity index (χ2n) is 8.91. The summed E-state index contributed by atoms with van der Waals surface area (Å²) in [6.07, 6.45) is 17.1. The summed E-state index contributed by atoms with van der Waals surface area (Å²) >= 11 is 0. The molecule has 2 N–H and O–H groups in total. The molecule has 2 aliphatic heterocycles. The minimum absolute atomic E-state index is 0.346. The van der Waals surface area contributed by atoms with E-state index in [1.165, 1.54) is 44.7 Å². The average molecular weight is 430 g/mol. The second-order valence-corrected chi connectivity index (χ2v) is 8.91. The number of hydroxylamine groups is 1. The zero-order chi connectivity index (χ0) is 21.3. The van der Waals surface area contributed by atoms with Crippen molar-refractivity contribution in [2.75, 3.05) is 31.6 Å². The number of hydrogen-bond donors (Lipinski definition) is 2. The number of aromatic nitrogens is 2. The number of nitrogens with one attached hydrogen (secondary N) is 2. The van der Waals surface area contributed by atoms with Crippen LogP contribution >= 0.6 is 0 Å². The van der Waals surface area contributed by atoms with Crippen LogP contribution in [0, 0.1) is 5.92 Å². The maximum Gasteiger partial charge on any atom is 0.267 e. The van der Waals surface area contributed by atoms with Crippen LogP contribution in [0.15, 0.2) is 18.5 Å². The fourth-order valence-electron chi connectivity index (χ4n) is 4.65. The summed E-state index contributed by atoms with van der Waals surface area (Å²) in [5.74, 6) is 1.39. The van der Waals surface area contributed by atoms with E-state index in [2.05, 4.69) is 25.7 Å². The number of carbonyl (C=O) groups excluding carboxylic acids is 1. The molecule has 4 rings (SSSR count). The summed E-state index contributed by atoms with van der Waals surface area (Å²) in [5.41, 5.74) is 3.02. The Labute approximate surface area is 184 Å². The molecule has 1 aromatic rings. The van der Waals surface area contributed by atoms with Gasteiger partial charge in [-0.05, 0) is 44.2 Å². The van der Waals surface area contributed by atoms with E-state index in [1.807, 2.05) is 0 Å². The van der Waals surface area contributed by atoms with E-state index in [1.54, 1.807) is 18.5 Å². The Balaban J connectivity index is 1.15. The van der Waals surface area contributed by atoms with Crippen molar-refractivity contribution in [2.24, 2.45) is 5.92 Å². The quantitative estimate of drug-likeness (QED) is 0.460. The normalized spacial score (nSPS) is 25.3. The molecule has 8 nitrogen and oxygen atoms in total. The lowest BCUT2D eigenvalue weighted by Gasteiger charge is -2.21. The topological polar surface area (TPSA) is 88.6 Å². The van der Waals surface area contributed by atoms with Gasteiger partial charge in [0.25, 0.3) is 5.91 Å². The van der Waals surface area contributed by atoms with E-state index in [4.69, 9.17) is 9.57 Å². The van der Waals surface area contributed by atoms with E-state index in [0.29, 0.717) is 18.3 Å². The van der Waals surface area contributed by atoms with Crippen LogP contribution < -0.4 is 10.8 Å². The van der Waals surface area contributed by atoms with Gasteiger partial charge in [0.05, 0.1) is 18.1 Å².